The zero-order valence-electron chi connectivity index (χ0n) is 17.4. The van der Waals surface area contributed by atoms with Crippen LogP contribution in [0, 0.1) is 12.8 Å². The Balaban J connectivity index is 1.82. The number of nitrogens with zero attached hydrogens (tertiary/aromatic N) is 1. The van der Waals surface area contributed by atoms with Crippen molar-refractivity contribution < 1.29 is 14.3 Å². The van der Waals surface area contributed by atoms with Crippen molar-refractivity contribution in [2.24, 2.45) is 5.92 Å². The van der Waals surface area contributed by atoms with Crippen LogP contribution in [0.3, 0.4) is 0 Å². The number of carbonyl (C=O) groups excluding carboxylic acids is 1. The van der Waals surface area contributed by atoms with E-state index < -0.39 is 0 Å². The lowest BCUT2D eigenvalue weighted by molar-refractivity contribution is -0.141. The van der Waals surface area contributed by atoms with E-state index in [1.165, 1.54) is 11.1 Å². The van der Waals surface area contributed by atoms with Gasteiger partial charge >= 0.3 is 5.97 Å². The SMILES string of the molecule is CCC(C)CC(=O)OC1=CC[C@@]2(c3ccc(OC)c(C)c3)CCN(C)[C@H]2C1. The van der Waals surface area contributed by atoms with E-state index in [1.807, 2.05) is 0 Å². The van der Waals surface area contributed by atoms with Crippen molar-refractivity contribution in [2.75, 3.05) is 20.7 Å². The Morgan fingerprint density at radius 2 is 2.19 bits per heavy atom. The average Bonchev–Trinajstić information content (AvgIpc) is 2.99. The summed E-state index contributed by atoms with van der Waals surface area (Å²) < 4.78 is 11.2. The number of allylic oxidation sites excluding steroid dienone is 1. The van der Waals surface area contributed by atoms with E-state index in [4.69, 9.17) is 9.47 Å². The maximum atomic E-state index is 12.2. The molecule has 1 saturated heterocycles. The first-order chi connectivity index (χ1) is 12.9. The third-order valence-corrected chi connectivity index (χ3v) is 6.60. The highest BCUT2D eigenvalue weighted by Gasteiger charge is 2.49. The zero-order valence-corrected chi connectivity index (χ0v) is 17.4. The second-order valence-corrected chi connectivity index (χ2v) is 8.36. The second kappa shape index (κ2) is 8.05. The molecule has 0 amide bonds. The molecule has 0 bridgehead atoms. The Hall–Kier alpha value is -1.81. The fraction of sp³-hybridized carbons (Fsp3) is 0.609. The summed E-state index contributed by atoms with van der Waals surface area (Å²) in [5, 5.41) is 0. The lowest BCUT2D eigenvalue weighted by atomic mass is 9.68. The van der Waals surface area contributed by atoms with Gasteiger partial charge in [-0.3, -0.25) is 4.79 Å². The third-order valence-electron chi connectivity index (χ3n) is 6.60. The molecular weight excluding hydrogens is 338 g/mol. The van der Waals surface area contributed by atoms with Gasteiger partial charge in [0.25, 0.3) is 0 Å². The molecule has 1 aliphatic heterocycles. The van der Waals surface area contributed by atoms with Crippen LogP contribution in [0.2, 0.25) is 0 Å². The standard InChI is InChI=1S/C23H33NO3/c1-6-16(2)13-22(25)27-19-9-10-23(11-12-24(4)21(23)15-19)18-7-8-20(26-5)17(3)14-18/h7-9,14,16,21H,6,10-13,15H2,1-5H3/t16?,21-,23-/m0/s1. The Morgan fingerprint density at radius 1 is 1.41 bits per heavy atom. The van der Waals surface area contributed by atoms with Crippen molar-refractivity contribution in [3.05, 3.63) is 41.2 Å². The Labute approximate surface area is 163 Å². The lowest BCUT2D eigenvalue weighted by Crippen LogP contribution is -2.43. The first-order valence-electron chi connectivity index (χ1n) is 10.1. The number of benzene rings is 1. The molecule has 0 saturated carbocycles. The van der Waals surface area contributed by atoms with Gasteiger partial charge in [-0.1, -0.05) is 32.4 Å². The normalized spacial score (nSPS) is 26.3. The molecule has 0 radical (unpaired) electrons. The maximum absolute atomic E-state index is 12.2. The van der Waals surface area contributed by atoms with Crippen LogP contribution in [0.4, 0.5) is 0 Å². The smallest absolute Gasteiger partial charge is 0.311 e. The van der Waals surface area contributed by atoms with Gasteiger partial charge in [-0.2, -0.15) is 0 Å². The van der Waals surface area contributed by atoms with Crippen molar-refractivity contribution in [1.29, 1.82) is 0 Å². The van der Waals surface area contributed by atoms with Gasteiger partial charge in [-0.15, -0.1) is 0 Å². The minimum atomic E-state index is -0.0935. The number of hydrogen-bond donors (Lipinski definition) is 0. The fourth-order valence-electron chi connectivity index (χ4n) is 4.62. The summed E-state index contributed by atoms with van der Waals surface area (Å²) in [6, 6.07) is 6.94. The maximum Gasteiger partial charge on any atom is 0.311 e. The second-order valence-electron chi connectivity index (χ2n) is 8.36. The summed E-state index contributed by atoms with van der Waals surface area (Å²) in [7, 11) is 3.91. The van der Waals surface area contributed by atoms with Gasteiger partial charge in [0.2, 0.25) is 0 Å². The Kier molecular flexibility index (Phi) is 5.95. The number of esters is 1. The molecular formula is C23H33NO3. The van der Waals surface area contributed by atoms with Gasteiger partial charge in [0.15, 0.2) is 0 Å². The molecule has 4 nitrogen and oxygen atoms in total. The van der Waals surface area contributed by atoms with Gasteiger partial charge in [-0.05, 0) is 62.5 Å². The molecule has 1 heterocycles. The molecule has 1 unspecified atom stereocenters. The minimum absolute atomic E-state index is 0.0935. The van der Waals surface area contributed by atoms with Gasteiger partial charge in [-0.25, -0.2) is 0 Å². The number of likely N-dealkylation sites (tertiary alicyclic amines) is 1. The van der Waals surface area contributed by atoms with Gasteiger partial charge in [0.05, 0.1) is 7.11 Å². The van der Waals surface area contributed by atoms with Gasteiger partial charge in [0, 0.05) is 24.3 Å². The molecule has 4 heteroatoms. The number of carbonyl (C=O) groups is 1. The summed E-state index contributed by atoms with van der Waals surface area (Å²) in [4.78, 5) is 14.7. The van der Waals surface area contributed by atoms with E-state index in [-0.39, 0.29) is 11.4 Å². The van der Waals surface area contributed by atoms with Gasteiger partial charge < -0.3 is 14.4 Å². The molecule has 1 fully saturated rings. The summed E-state index contributed by atoms with van der Waals surface area (Å²) in [5.41, 5.74) is 2.64. The molecule has 0 spiro atoms. The third kappa shape index (κ3) is 3.91. The number of aryl methyl sites for hydroxylation is 1. The topological polar surface area (TPSA) is 38.8 Å². The van der Waals surface area contributed by atoms with Crippen LogP contribution in [0.15, 0.2) is 30.0 Å². The largest absolute Gasteiger partial charge is 0.496 e. The predicted molar refractivity (Wildman–Crippen MR) is 108 cm³/mol. The quantitative estimate of drug-likeness (QED) is 0.685. The number of hydrogen-bond acceptors (Lipinski definition) is 4. The van der Waals surface area contributed by atoms with Crippen LogP contribution in [0.25, 0.3) is 0 Å². The molecule has 1 aromatic carbocycles. The predicted octanol–water partition coefficient (Wildman–Crippen LogP) is 4.60. The number of methoxy groups -OCH3 is 1. The van der Waals surface area contributed by atoms with Crippen molar-refractivity contribution in [3.63, 3.8) is 0 Å². The first-order valence-corrected chi connectivity index (χ1v) is 10.1. The highest BCUT2D eigenvalue weighted by molar-refractivity contribution is 5.71. The van der Waals surface area contributed by atoms with Crippen LogP contribution in [0.5, 0.6) is 5.75 Å². The first kappa shape index (κ1) is 19.9. The highest BCUT2D eigenvalue weighted by Crippen LogP contribution is 2.48. The van der Waals surface area contributed by atoms with E-state index >= 15 is 0 Å². The van der Waals surface area contributed by atoms with Crippen LogP contribution in [0.1, 0.15) is 57.1 Å². The van der Waals surface area contributed by atoms with Crippen molar-refractivity contribution in [3.8, 4) is 5.75 Å². The molecule has 0 aromatic heterocycles. The summed E-state index contributed by atoms with van der Waals surface area (Å²) in [6.45, 7) is 7.37. The molecule has 148 valence electrons. The summed E-state index contributed by atoms with van der Waals surface area (Å²) in [6.07, 6.45) is 6.50. The van der Waals surface area contributed by atoms with E-state index in [0.717, 1.165) is 43.7 Å². The van der Waals surface area contributed by atoms with Gasteiger partial charge in [0.1, 0.15) is 11.5 Å². The number of likely N-dealkylation sites (N-methyl/N-ethyl adjacent to an activating group) is 1. The molecule has 1 aromatic rings. The monoisotopic (exact) mass is 371 g/mol. The van der Waals surface area contributed by atoms with Crippen LogP contribution >= 0.6 is 0 Å². The van der Waals surface area contributed by atoms with Crippen molar-refractivity contribution >= 4 is 5.97 Å². The molecule has 2 aliphatic rings. The fourth-order valence-corrected chi connectivity index (χ4v) is 4.62. The van der Waals surface area contributed by atoms with Crippen LogP contribution < -0.4 is 4.74 Å². The Bertz CT molecular complexity index is 726. The molecule has 3 atom stereocenters. The van der Waals surface area contributed by atoms with E-state index in [9.17, 15) is 4.79 Å². The van der Waals surface area contributed by atoms with E-state index in [1.54, 1.807) is 7.11 Å². The number of rotatable bonds is 6. The zero-order chi connectivity index (χ0) is 19.6. The number of ether oxygens (including phenoxy) is 2. The average molecular weight is 372 g/mol. The summed E-state index contributed by atoms with van der Waals surface area (Å²) >= 11 is 0. The molecule has 3 rings (SSSR count). The molecule has 1 aliphatic carbocycles. The highest BCUT2D eigenvalue weighted by atomic mass is 16.5. The van der Waals surface area contributed by atoms with Crippen molar-refractivity contribution in [1.82, 2.24) is 4.90 Å². The Morgan fingerprint density at radius 3 is 2.85 bits per heavy atom. The summed E-state index contributed by atoms with van der Waals surface area (Å²) in [5.74, 6) is 2.06. The van der Waals surface area contributed by atoms with E-state index in [2.05, 4.69) is 57.0 Å². The molecule has 0 N–H and O–H groups in total. The van der Waals surface area contributed by atoms with Crippen LogP contribution in [-0.2, 0) is 14.9 Å². The van der Waals surface area contributed by atoms with Crippen molar-refractivity contribution in [2.45, 2.75) is 64.3 Å². The van der Waals surface area contributed by atoms with E-state index in [0.29, 0.717) is 18.4 Å². The minimum Gasteiger partial charge on any atom is -0.496 e. The number of fused-ring (bicyclic) bond motifs is 1. The molecule has 27 heavy (non-hydrogen) atoms. The van der Waals surface area contributed by atoms with Crippen LogP contribution in [-0.4, -0.2) is 37.6 Å². The lowest BCUT2D eigenvalue weighted by Gasteiger charge is -2.41.